The summed E-state index contributed by atoms with van der Waals surface area (Å²) in [7, 11) is 0. The molecule has 0 fully saturated rings. The van der Waals surface area contributed by atoms with E-state index in [0.717, 1.165) is 11.3 Å². The maximum absolute atomic E-state index is 7.00. The van der Waals surface area contributed by atoms with Gasteiger partial charge in [0.25, 0.3) is 0 Å². The molecule has 1 aliphatic carbocycles. The van der Waals surface area contributed by atoms with Crippen LogP contribution in [0.5, 0.6) is 5.75 Å². The average Bonchev–Trinajstić information content (AvgIpc) is 3.61. The molecule has 2 heterocycles. The number of rotatable bonds is 4. The Balaban J connectivity index is 1.08. The fourth-order valence-corrected chi connectivity index (χ4v) is 9.12. The van der Waals surface area contributed by atoms with Crippen molar-refractivity contribution in [1.82, 2.24) is 4.98 Å². The summed E-state index contributed by atoms with van der Waals surface area (Å²) in [4.78, 5) is 4.49. The lowest BCUT2D eigenvalue weighted by Crippen LogP contribution is -2.21. The highest BCUT2D eigenvalue weighted by atomic mass is 16.5. The molecule has 1 aliphatic heterocycles. The van der Waals surface area contributed by atoms with Gasteiger partial charge in [-0.25, -0.2) is 0 Å². The van der Waals surface area contributed by atoms with E-state index in [4.69, 9.17) is 4.74 Å². The van der Waals surface area contributed by atoms with Crippen LogP contribution in [0.25, 0.3) is 82.0 Å². The van der Waals surface area contributed by atoms with Crippen LogP contribution in [0.3, 0.4) is 0 Å². The molecule has 0 saturated heterocycles. The van der Waals surface area contributed by atoms with E-state index in [2.05, 4.69) is 175 Å². The first-order valence-electron chi connectivity index (χ1n) is 18.4. The Bertz CT molecular complexity index is 2860. The standard InChI is InChI=1S/C51H33NO/c1-2-14-32(15-3-1)47-35-17-4-6-19-37(35)48(38-20-7-5-18-36(38)47)33-27-28-46-45(30-33)43-25-12-26-44(51(43)53-46)50-41-23-10-8-21-39(41)49(34-16-13-29-52-31-34)40-22-9-11-24-42(40)50/h1-31,43,51H. The van der Waals surface area contributed by atoms with Crippen LogP contribution in [-0.2, 0) is 0 Å². The number of fused-ring (bicyclic) bond motifs is 7. The monoisotopic (exact) mass is 675 g/mol. The zero-order valence-electron chi connectivity index (χ0n) is 28.9. The van der Waals surface area contributed by atoms with Gasteiger partial charge in [-0.05, 0) is 94.7 Å². The Morgan fingerprint density at radius 3 is 1.47 bits per heavy atom. The summed E-state index contributed by atoms with van der Waals surface area (Å²) < 4.78 is 7.00. The fraction of sp³-hybridized carbons (Fsp3) is 0.0392. The van der Waals surface area contributed by atoms with E-state index in [1.807, 2.05) is 18.5 Å². The highest BCUT2D eigenvalue weighted by Gasteiger charge is 2.38. The molecule has 8 aromatic carbocycles. The van der Waals surface area contributed by atoms with Crippen molar-refractivity contribution in [3.05, 3.63) is 199 Å². The minimum absolute atomic E-state index is 0.0848. The van der Waals surface area contributed by atoms with Crippen molar-refractivity contribution in [2.45, 2.75) is 12.0 Å². The first-order chi connectivity index (χ1) is 26.3. The Hall–Kier alpha value is -6.77. The van der Waals surface area contributed by atoms with Crippen molar-refractivity contribution < 1.29 is 4.74 Å². The molecule has 2 nitrogen and oxygen atoms in total. The molecule has 2 unspecified atom stereocenters. The molecule has 0 saturated carbocycles. The van der Waals surface area contributed by atoms with Gasteiger partial charge in [-0.1, -0.05) is 158 Å². The van der Waals surface area contributed by atoms with Crippen LogP contribution < -0.4 is 4.74 Å². The molecule has 0 amide bonds. The Kier molecular flexibility index (Phi) is 6.72. The largest absolute Gasteiger partial charge is 0.484 e. The van der Waals surface area contributed by atoms with E-state index < -0.39 is 0 Å². The first kappa shape index (κ1) is 29.9. The summed E-state index contributed by atoms with van der Waals surface area (Å²) in [6.07, 6.45) is 10.5. The van der Waals surface area contributed by atoms with Crippen molar-refractivity contribution in [2.24, 2.45) is 0 Å². The number of ether oxygens (including phenoxy) is 1. The molecule has 2 atom stereocenters. The highest BCUT2D eigenvalue weighted by molar-refractivity contribution is 6.22. The van der Waals surface area contributed by atoms with Crippen molar-refractivity contribution in [2.75, 3.05) is 0 Å². The Morgan fingerprint density at radius 1 is 0.434 bits per heavy atom. The molecule has 0 radical (unpaired) electrons. The number of benzene rings is 8. The quantitative estimate of drug-likeness (QED) is 0.173. The average molecular weight is 676 g/mol. The molecule has 0 spiro atoms. The van der Waals surface area contributed by atoms with Gasteiger partial charge in [-0.2, -0.15) is 0 Å². The molecule has 11 rings (SSSR count). The van der Waals surface area contributed by atoms with E-state index in [0.29, 0.717) is 0 Å². The Morgan fingerprint density at radius 2 is 0.925 bits per heavy atom. The molecular weight excluding hydrogens is 643 g/mol. The zero-order valence-corrected chi connectivity index (χ0v) is 28.9. The number of allylic oxidation sites excluding steroid dienone is 2. The molecule has 0 bridgehead atoms. The minimum atomic E-state index is -0.143. The first-order valence-corrected chi connectivity index (χ1v) is 18.4. The van der Waals surface area contributed by atoms with Gasteiger partial charge >= 0.3 is 0 Å². The van der Waals surface area contributed by atoms with Gasteiger partial charge in [0.2, 0.25) is 0 Å². The summed E-state index contributed by atoms with van der Waals surface area (Å²) in [5, 5.41) is 9.92. The molecular formula is C51H33NO. The maximum Gasteiger partial charge on any atom is 0.135 e. The lowest BCUT2D eigenvalue weighted by atomic mass is 9.79. The van der Waals surface area contributed by atoms with Crippen molar-refractivity contribution >= 4 is 48.7 Å². The molecule has 2 aliphatic rings. The van der Waals surface area contributed by atoms with E-state index in [-0.39, 0.29) is 12.0 Å². The number of aromatic nitrogens is 1. The van der Waals surface area contributed by atoms with Crippen molar-refractivity contribution in [3.63, 3.8) is 0 Å². The topological polar surface area (TPSA) is 22.1 Å². The van der Waals surface area contributed by atoms with Gasteiger partial charge in [0, 0.05) is 35.0 Å². The van der Waals surface area contributed by atoms with Gasteiger partial charge in [-0.3, -0.25) is 4.98 Å². The van der Waals surface area contributed by atoms with Gasteiger partial charge in [0.05, 0.1) is 0 Å². The third-order valence-corrected chi connectivity index (χ3v) is 11.3. The van der Waals surface area contributed by atoms with Crippen LogP contribution in [0.4, 0.5) is 0 Å². The zero-order chi connectivity index (χ0) is 34.9. The van der Waals surface area contributed by atoms with Crippen LogP contribution >= 0.6 is 0 Å². The molecule has 0 N–H and O–H groups in total. The molecule has 1 aromatic heterocycles. The number of pyridine rings is 1. The van der Waals surface area contributed by atoms with Gasteiger partial charge in [-0.15, -0.1) is 0 Å². The number of nitrogens with zero attached hydrogens (tertiary/aromatic N) is 1. The highest BCUT2D eigenvalue weighted by Crippen LogP contribution is 2.52. The van der Waals surface area contributed by atoms with Crippen LogP contribution in [-0.4, -0.2) is 11.1 Å². The smallest absolute Gasteiger partial charge is 0.135 e. The predicted molar refractivity (Wildman–Crippen MR) is 221 cm³/mol. The summed E-state index contributed by atoms with van der Waals surface area (Å²) in [6, 6.07) is 57.2. The number of hydrogen-bond donors (Lipinski definition) is 0. The Labute approximate surface area is 308 Å². The predicted octanol–water partition coefficient (Wildman–Crippen LogP) is 13.2. The van der Waals surface area contributed by atoms with E-state index in [9.17, 15) is 0 Å². The van der Waals surface area contributed by atoms with Gasteiger partial charge < -0.3 is 4.74 Å². The van der Waals surface area contributed by atoms with E-state index in [1.165, 1.54) is 87.6 Å². The van der Waals surface area contributed by atoms with Crippen LogP contribution in [0.2, 0.25) is 0 Å². The summed E-state index contributed by atoms with van der Waals surface area (Å²) in [5.74, 6) is 1.04. The van der Waals surface area contributed by atoms with Crippen LogP contribution in [0.1, 0.15) is 17.0 Å². The lowest BCUT2D eigenvalue weighted by molar-refractivity contribution is 0.278. The van der Waals surface area contributed by atoms with Gasteiger partial charge in [0.15, 0.2) is 0 Å². The maximum atomic E-state index is 7.00. The molecule has 53 heavy (non-hydrogen) atoms. The third-order valence-electron chi connectivity index (χ3n) is 11.3. The van der Waals surface area contributed by atoms with Crippen LogP contribution in [0, 0.1) is 0 Å². The lowest BCUT2D eigenvalue weighted by Gasteiger charge is -2.26. The summed E-state index contributed by atoms with van der Waals surface area (Å²) >= 11 is 0. The van der Waals surface area contributed by atoms with Crippen molar-refractivity contribution in [1.29, 1.82) is 0 Å². The third kappa shape index (κ3) is 4.55. The van der Waals surface area contributed by atoms with Gasteiger partial charge in [0.1, 0.15) is 11.9 Å². The van der Waals surface area contributed by atoms with Crippen LogP contribution in [0.15, 0.2) is 188 Å². The second-order valence-corrected chi connectivity index (χ2v) is 14.1. The van der Waals surface area contributed by atoms with E-state index in [1.54, 1.807) is 0 Å². The SMILES string of the molecule is C1=CC2c3cc(-c4c5ccccc5c(-c5ccccc5)c5ccccc45)ccc3OC2C(c2c3ccccc3c(-c3cccnc3)c3ccccc23)=C1. The minimum Gasteiger partial charge on any atom is -0.484 e. The summed E-state index contributed by atoms with van der Waals surface area (Å²) in [5.41, 5.74) is 11.0. The summed E-state index contributed by atoms with van der Waals surface area (Å²) in [6.45, 7) is 0. The van der Waals surface area contributed by atoms with Crippen molar-refractivity contribution in [3.8, 4) is 39.1 Å². The second kappa shape index (κ2) is 11.9. The van der Waals surface area contributed by atoms with E-state index >= 15 is 0 Å². The number of hydrogen-bond acceptors (Lipinski definition) is 2. The molecule has 9 aromatic rings. The molecule has 2 heteroatoms. The normalized spacial score (nSPS) is 16.1. The molecule has 248 valence electrons. The fourth-order valence-electron chi connectivity index (χ4n) is 9.12. The second-order valence-electron chi connectivity index (χ2n) is 14.1.